The fourth-order valence-electron chi connectivity index (χ4n) is 2.81. The highest BCUT2D eigenvalue weighted by Crippen LogP contribution is 2.31. The Morgan fingerprint density at radius 1 is 1.35 bits per heavy atom. The molecular weight excluding hydrogens is 432 g/mol. The molecule has 0 atom stereocenters. The van der Waals surface area contributed by atoms with Gasteiger partial charge in [-0.2, -0.15) is 8.42 Å². The van der Waals surface area contributed by atoms with E-state index in [0.717, 1.165) is 12.1 Å². The average Bonchev–Trinajstić information content (AvgIpc) is 3.14. The number of nitro groups is 1. The van der Waals surface area contributed by atoms with Crippen molar-refractivity contribution in [3.8, 4) is 5.75 Å². The molecule has 0 saturated carbocycles. The monoisotopic (exact) mass is 454 g/mol. The summed E-state index contributed by atoms with van der Waals surface area (Å²) in [5.41, 5.74) is 2.10. The molecule has 12 nitrogen and oxygen atoms in total. The third-order valence-electron chi connectivity index (χ3n) is 4.30. The van der Waals surface area contributed by atoms with Gasteiger partial charge in [0, 0.05) is 30.2 Å². The van der Waals surface area contributed by atoms with Crippen LogP contribution in [0.25, 0.3) is 6.08 Å². The van der Waals surface area contributed by atoms with Gasteiger partial charge in [-0.3, -0.25) is 13.9 Å². The van der Waals surface area contributed by atoms with Crippen molar-refractivity contribution in [2.45, 2.75) is 6.42 Å². The van der Waals surface area contributed by atoms with E-state index >= 15 is 0 Å². The molecule has 31 heavy (non-hydrogen) atoms. The number of ether oxygens (including phenoxy) is 1. The first kappa shape index (κ1) is 24.1. The van der Waals surface area contributed by atoms with Gasteiger partial charge in [0.15, 0.2) is 5.78 Å². The smallest absolute Gasteiger partial charge is 0.394 e. The molecule has 0 unspecified atom stereocenters. The van der Waals surface area contributed by atoms with Gasteiger partial charge >= 0.3 is 16.2 Å². The van der Waals surface area contributed by atoms with Crippen LogP contribution in [-0.2, 0) is 23.9 Å². The molecule has 3 rings (SSSR count). The summed E-state index contributed by atoms with van der Waals surface area (Å²) in [5.74, 6) is 0.836. The third kappa shape index (κ3) is 6.96. The van der Waals surface area contributed by atoms with E-state index in [1.807, 2.05) is 31.1 Å². The van der Waals surface area contributed by atoms with E-state index in [4.69, 9.17) is 22.3 Å². The number of allylic oxidation sites excluding steroid dienone is 1. The largest absolute Gasteiger partial charge is 0.492 e. The van der Waals surface area contributed by atoms with Crippen LogP contribution in [0.3, 0.4) is 0 Å². The lowest BCUT2D eigenvalue weighted by Crippen LogP contribution is -2.19. The molecule has 13 heteroatoms. The summed E-state index contributed by atoms with van der Waals surface area (Å²) in [7, 11) is 0.823. The molecule has 1 aliphatic carbocycles. The molecular formula is C18H22N4O8S. The highest BCUT2D eigenvalue weighted by molar-refractivity contribution is 7.79. The van der Waals surface area contributed by atoms with Gasteiger partial charge in [-0.1, -0.05) is 6.07 Å². The van der Waals surface area contributed by atoms with Gasteiger partial charge in [0.05, 0.1) is 7.05 Å². The second-order valence-electron chi connectivity index (χ2n) is 6.88. The van der Waals surface area contributed by atoms with Crippen LogP contribution in [0.15, 0.2) is 30.0 Å². The lowest BCUT2D eigenvalue weighted by molar-refractivity contribution is -0.391. The number of rotatable bonds is 6. The van der Waals surface area contributed by atoms with Crippen molar-refractivity contribution < 1.29 is 32.0 Å². The van der Waals surface area contributed by atoms with E-state index in [2.05, 4.69) is 4.98 Å². The summed E-state index contributed by atoms with van der Waals surface area (Å²) in [6, 6.07) is 5.51. The molecule has 0 bridgehead atoms. The molecule has 0 aliphatic heterocycles. The van der Waals surface area contributed by atoms with Crippen molar-refractivity contribution in [3.63, 3.8) is 0 Å². The van der Waals surface area contributed by atoms with Crippen molar-refractivity contribution in [3.05, 3.63) is 57.0 Å². The average molecular weight is 454 g/mol. The summed E-state index contributed by atoms with van der Waals surface area (Å²) < 4.78 is 38.6. The molecule has 0 saturated heterocycles. The fraction of sp³-hybridized carbons (Fsp3) is 0.333. The Bertz CT molecular complexity index is 1110. The van der Waals surface area contributed by atoms with Gasteiger partial charge < -0.3 is 19.8 Å². The molecule has 1 aromatic heterocycles. The summed E-state index contributed by atoms with van der Waals surface area (Å²) in [6.07, 6.45) is 3.28. The Hall–Kier alpha value is -3.13. The molecule has 1 aromatic carbocycles. The predicted molar refractivity (Wildman–Crippen MR) is 111 cm³/mol. The minimum atomic E-state index is -4.67. The number of ketones is 1. The molecule has 168 valence electrons. The van der Waals surface area contributed by atoms with Crippen molar-refractivity contribution in [2.24, 2.45) is 7.05 Å². The van der Waals surface area contributed by atoms with Crippen LogP contribution in [0.4, 0.5) is 5.82 Å². The zero-order chi connectivity index (χ0) is 23.3. The zero-order valence-electron chi connectivity index (χ0n) is 17.0. The number of hydrogen-bond donors (Lipinski definition) is 2. The maximum atomic E-state index is 12.7. The summed E-state index contributed by atoms with van der Waals surface area (Å²) >= 11 is 0. The number of carbonyl (C=O) groups is 1. The highest BCUT2D eigenvalue weighted by Gasteiger charge is 2.27. The number of aromatic nitrogens is 2. The van der Waals surface area contributed by atoms with E-state index < -0.39 is 15.3 Å². The number of imidazole rings is 1. The van der Waals surface area contributed by atoms with E-state index in [1.54, 1.807) is 19.2 Å². The fourth-order valence-corrected chi connectivity index (χ4v) is 2.81. The molecule has 1 aliphatic rings. The van der Waals surface area contributed by atoms with Gasteiger partial charge in [-0.15, -0.1) is 0 Å². The Balaban J connectivity index is 0.000000614. The first-order chi connectivity index (χ1) is 14.4. The van der Waals surface area contributed by atoms with E-state index in [9.17, 15) is 14.9 Å². The quantitative estimate of drug-likeness (QED) is 0.282. The van der Waals surface area contributed by atoms with Crippen molar-refractivity contribution in [2.75, 3.05) is 27.2 Å². The second kappa shape index (κ2) is 9.78. The van der Waals surface area contributed by atoms with Gasteiger partial charge in [-0.25, -0.2) is 9.55 Å². The summed E-state index contributed by atoms with van der Waals surface area (Å²) in [4.78, 5) is 29.2. The first-order valence-corrected chi connectivity index (χ1v) is 10.3. The Morgan fingerprint density at radius 3 is 2.55 bits per heavy atom. The molecule has 0 fully saturated rings. The van der Waals surface area contributed by atoms with E-state index in [1.165, 1.54) is 10.8 Å². The zero-order valence-corrected chi connectivity index (χ0v) is 17.9. The number of fused-ring (bicyclic) bond motifs is 1. The lowest BCUT2D eigenvalue weighted by Gasteiger charge is -2.11. The Kier molecular flexibility index (Phi) is 7.62. The minimum absolute atomic E-state index is 0.0938. The predicted octanol–water partition coefficient (Wildman–Crippen LogP) is 1.44. The van der Waals surface area contributed by atoms with Crippen LogP contribution in [0.2, 0.25) is 0 Å². The van der Waals surface area contributed by atoms with Crippen LogP contribution >= 0.6 is 0 Å². The van der Waals surface area contributed by atoms with E-state index in [0.29, 0.717) is 35.7 Å². The van der Waals surface area contributed by atoms with Crippen molar-refractivity contribution in [1.82, 2.24) is 14.5 Å². The van der Waals surface area contributed by atoms with Crippen molar-refractivity contribution >= 4 is 28.1 Å². The number of carbonyl (C=O) groups excluding carboxylic acids is 1. The molecule has 1 heterocycles. The van der Waals surface area contributed by atoms with Crippen LogP contribution in [-0.4, -0.2) is 69.9 Å². The number of likely N-dealkylation sites (N-methyl/N-ethyl adjacent to an activating group) is 1. The highest BCUT2D eigenvalue weighted by atomic mass is 32.3. The molecule has 0 radical (unpaired) electrons. The van der Waals surface area contributed by atoms with Crippen LogP contribution in [0, 0.1) is 10.1 Å². The van der Waals surface area contributed by atoms with Gasteiger partial charge in [0.2, 0.25) is 5.82 Å². The third-order valence-corrected chi connectivity index (χ3v) is 4.30. The Labute approximate surface area is 178 Å². The second-order valence-corrected chi connectivity index (χ2v) is 7.78. The SMILES string of the molecule is CN(C)CCOc1ccc2c(c1)C(=O)/C(=C\c1ncc([N+](=O)[O-])n1C)C2.O=S(=O)(O)O. The molecule has 2 N–H and O–H groups in total. The Morgan fingerprint density at radius 2 is 2.00 bits per heavy atom. The number of benzene rings is 1. The van der Waals surface area contributed by atoms with Gasteiger partial charge in [0.1, 0.15) is 18.6 Å². The van der Waals surface area contributed by atoms with Gasteiger partial charge in [-0.05, 0) is 36.7 Å². The molecule has 0 amide bonds. The summed E-state index contributed by atoms with van der Waals surface area (Å²) in [6.45, 7) is 1.33. The summed E-state index contributed by atoms with van der Waals surface area (Å²) in [5, 5.41) is 10.9. The van der Waals surface area contributed by atoms with Crippen LogP contribution in [0.1, 0.15) is 21.7 Å². The standard InChI is InChI=1S/C18H20N4O4.H2O4S/c1-20(2)6-7-26-14-5-4-12-8-13(18(23)15(12)10-14)9-16-19-11-17(21(16)3)22(24)25;1-5(2,3)4/h4-5,9-11H,6-8H2,1-3H3;(H2,1,2,3,4)/b13-9-;. The lowest BCUT2D eigenvalue weighted by atomic mass is 10.1. The topological polar surface area (TPSA) is 165 Å². The number of hydrogen-bond acceptors (Lipinski definition) is 8. The molecule has 2 aromatic rings. The van der Waals surface area contributed by atoms with Gasteiger partial charge in [0.25, 0.3) is 0 Å². The van der Waals surface area contributed by atoms with Crippen molar-refractivity contribution in [1.29, 1.82) is 0 Å². The van der Waals surface area contributed by atoms with Crippen LogP contribution in [0.5, 0.6) is 5.75 Å². The maximum absolute atomic E-state index is 12.7. The molecule has 0 spiro atoms. The minimum Gasteiger partial charge on any atom is -0.492 e. The van der Waals surface area contributed by atoms with E-state index in [-0.39, 0.29) is 11.6 Å². The first-order valence-electron chi connectivity index (χ1n) is 8.88. The maximum Gasteiger partial charge on any atom is 0.394 e. The van der Waals surface area contributed by atoms with Crippen LogP contribution < -0.4 is 4.74 Å². The normalized spacial score (nSPS) is 14.4. The number of Topliss-reactive ketones (excluding diaryl/α,β-unsaturated/α-hetero) is 1. The number of nitrogens with zero attached hydrogens (tertiary/aromatic N) is 4.